The zero-order valence-electron chi connectivity index (χ0n) is 12.7. The van der Waals surface area contributed by atoms with Crippen LogP contribution in [0.15, 0.2) is 60.8 Å². The third kappa shape index (κ3) is 3.35. The van der Waals surface area contributed by atoms with Gasteiger partial charge in [0.25, 0.3) is 5.91 Å². The van der Waals surface area contributed by atoms with Crippen LogP contribution >= 0.6 is 0 Å². The highest BCUT2D eigenvalue weighted by Crippen LogP contribution is 2.19. The standard InChI is InChI=1S/C18H17N3O2/c1-18(23,13-7-3-2-4-8-13)12-20-17(22)16-11-19-14-9-5-6-10-15(14)21-16/h2-11,23H,12H2,1H3,(H,20,22)/t18-/m0/s1. The number of benzene rings is 2. The molecule has 0 saturated heterocycles. The minimum absolute atomic E-state index is 0.0877. The highest BCUT2D eigenvalue weighted by atomic mass is 16.3. The van der Waals surface area contributed by atoms with Crippen molar-refractivity contribution in [3.8, 4) is 0 Å². The summed E-state index contributed by atoms with van der Waals surface area (Å²) in [5, 5.41) is 13.2. The van der Waals surface area contributed by atoms with Crippen LogP contribution in [0.25, 0.3) is 11.0 Å². The van der Waals surface area contributed by atoms with Crippen molar-refractivity contribution in [2.45, 2.75) is 12.5 Å². The van der Waals surface area contributed by atoms with Crippen molar-refractivity contribution < 1.29 is 9.90 Å². The van der Waals surface area contributed by atoms with Gasteiger partial charge in [-0.05, 0) is 24.6 Å². The quantitative estimate of drug-likeness (QED) is 0.775. The second kappa shape index (κ2) is 6.14. The summed E-state index contributed by atoms with van der Waals surface area (Å²) in [5.74, 6) is -0.362. The summed E-state index contributed by atoms with van der Waals surface area (Å²) in [6.45, 7) is 1.75. The smallest absolute Gasteiger partial charge is 0.271 e. The molecule has 116 valence electrons. The summed E-state index contributed by atoms with van der Waals surface area (Å²) in [6, 6.07) is 16.6. The number of rotatable bonds is 4. The van der Waals surface area contributed by atoms with Gasteiger partial charge in [-0.2, -0.15) is 0 Å². The Hall–Kier alpha value is -2.79. The van der Waals surface area contributed by atoms with E-state index in [1.54, 1.807) is 13.0 Å². The van der Waals surface area contributed by atoms with E-state index in [2.05, 4.69) is 15.3 Å². The number of nitrogens with zero attached hydrogens (tertiary/aromatic N) is 2. The summed E-state index contributed by atoms with van der Waals surface area (Å²) >= 11 is 0. The molecule has 1 amide bonds. The Morgan fingerprint density at radius 2 is 1.74 bits per heavy atom. The van der Waals surface area contributed by atoms with Gasteiger partial charge in [0, 0.05) is 0 Å². The van der Waals surface area contributed by atoms with E-state index in [1.807, 2.05) is 48.5 Å². The molecule has 2 aromatic carbocycles. The first-order valence-electron chi connectivity index (χ1n) is 7.34. The number of carbonyl (C=O) groups excluding carboxylic acids is 1. The Bertz CT molecular complexity index is 832. The molecule has 0 spiro atoms. The molecule has 0 bridgehead atoms. The molecule has 23 heavy (non-hydrogen) atoms. The van der Waals surface area contributed by atoms with E-state index in [0.717, 1.165) is 11.1 Å². The fraction of sp³-hybridized carbons (Fsp3) is 0.167. The molecule has 2 N–H and O–H groups in total. The molecule has 0 aliphatic rings. The first-order chi connectivity index (χ1) is 11.1. The molecule has 3 rings (SSSR count). The molecule has 0 radical (unpaired) electrons. The van der Waals surface area contributed by atoms with E-state index < -0.39 is 5.60 Å². The lowest BCUT2D eigenvalue weighted by atomic mass is 9.96. The molecular formula is C18H17N3O2. The van der Waals surface area contributed by atoms with Gasteiger partial charge in [-0.1, -0.05) is 42.5 Å². The van der Waals surface area contributed by atoms with Gasteiger partial charge in [0.15, 0.2) is 0 Å². The van der Waals surface area contributed by atoms with Gasteiger partial charge in [0.1, 0.15) is 11.3 Å². The van der Waals surface area contributed by atoms with Crippen molar-refractivity contribution in [2.75, 3.05) is 6.54 Å². The Kier molecular flexibility index (Phi) is 4.04. The summed E-state index contributed by atoms with van der Waals surface area (Å²) in [4.78, 5) is 20.8. The maximum atomic E-state index is 12.2. The number of hydrogen-bond acceptors (Lipinski definition) is 4. The SMILES string of the molecule is C[C@](O)(CNC(=O)c1cnc2ccccc2n1)c1ccccc1. The van der Waals surface area contributed by atoms with Crippen molar-refractivity contribution in [1.29, 1.82) is 0 Å². The van der Waals surface area contributed by atoms with E-state index in [-0.39, 0.29) is 18.1 Å². The topological polar surface area (TPSA) is 75.1 Å². The molecule has 0 saturated carbocycles. The molecule has 1 aromatic heterocycles. The number of carbonyl (C=O) groups is 1. The third-order valence-corrected chi connectivity index (χ3v) is 3.67. The molecule has 0 aliphatic heterocycles. The fourth-order valence-electron chi connectivity index (χ4n) is 2.31. The largest absolute Gasteiger partial charge is 0.384 e. The van der Waals surface area contributed by atoms with Gasteiger partial charge in [0.05, 0.1) is 23.8 Å². The van der Waals surface area contributed by atoms with Gasteiger partial charge < -0.3 is 10.4 Å². The summed E-state index contributed by atoms with van der Waals surface area (Å²) in [5.41, 5.74) is 1.22. The Balaban J connectivity index is 1.73. The predicted molar refractivity (Wildman–Crippen MR) is 87.9 cm³/mol. The molecule has 5 nitrogen and oxygen atoms in total. The minimum Gasteiger partial charge on any atom is -0.384 e. The van der Waals surface area contributed by atoms with Gasteiger partial charge in [-0.3, -0.25) is 9.78 Å². The number of hydrogen-bond donors (Lipinski definition) is 2. The van der Waals surface area contributed by atoms with Crippen molar-refractivity contribution >= 4 is 16.9 Å². The minimum atomic E-state index is -1.15. The number of nitrogens with one attached hydrogen (secondary N) is 1. The van der Waals surface area contributed by atoms with Gasteiger partial charge in [-0.25, -0.2) is 4.98 Å². The lowest BCUT2D eigenvalue weighted by Gasteiger charge is -2.24. The zero-order valence-corrected chi connectivity index (χ0v) is 12.7. The lowest BCUT2D eigenvalue weighted by Crippen LogP contribution is -2.38. The number of fused-ring (bicyclic) bond motifs is 1. The van der Waals surface area contributed by atoms with Crippen LogP contribution in [0, 0.1) is 0 Å². The number of para-hydroxylation sites is 2. The molecule has 1 heterocycles. The Labute approximate surface area is 134 Å². The number of aliphatic hydroxyl groups is 1. The zero-order chi connectivity index (χ0) is 16.3. The molecule has 5 heteroatoms. The maximum Gasteiger partial charge on any atom is 0.271 e. The first kappa shape index (κ1) is 15.1. The van der Waals surface area contributed by atoms with Crippen LogP contribution in [-0.4, -0.2) is 27.5 Å². The summed E-state index contributed by atoms with van der Waals surface area (Å²) in [7, 11) is 0. The van der Waals surface area contributed by atoms with Crippen LogP contribution in [0.3, 0.4) is 0 Å². The van der Waals surface area contributed by atoms with Crippen LogP contribution in [0.2, 0.25) is 0 Å². The molecule has 3 aromatic rings. The molecule has 0 fully saturated rings. The van der Waals surface area contributed by atoms with Crippen molar-refractivity contribution in [3.63, 3.8) is 0 Å². The third-order valence-electron chi connectivity index (χ3n) is 3.67. The average molecular weight is 307 g/mol. The normalized spacial score (nSPS) is 13.5. The van der Waals surface area contributed by atoms with Gasteiger partial charge in [0.2, 0.25) is 0 Å². The predicted octanol–water partition coefficient (Wildman–Crippen LogP) is 2.27. The highest BCUT2D eigenvalue weighted by Gasteiger charge is 2.24. The molecule has 1 atom stereocenters. The second-order valence-corrected chi connectivity index (χ2v) is 5.57. The van der Waals surface area contributed by atoms with E-state index >= 15 is 0 Å². The Morgan fingerprint density at radius 1 is 1.09 bits per heavy atom. The number of amides is 1. The average Bonchev–Trinajstić information content (AvgIpc) is 2.60. The van der Waals surface area contributed by atoms with Crippen LogP contribution in [-0.2, 0) is 5.60 Å². The van der Waals surface area contributed by atoms with E-state index in [9.17, 15) is 9.90 Å². The van der Waals surface area contributed by atoms with Crippen molar-refractivity contribution in [2.24, 2.45) is 0 Å². The number of aromatic nitrogens is 2. The summed E-state index contributed by atoms with van der Waals surface area (Å²) < 4.78 is 0. The maximum absolute atomic E-state index is 12.2. The van der Waals surface area contributed by atoms with Crippen LogP contribution < -0.4 is 5.32 Å². The Morgan fingerprint density at radius 3 is 2.48 bits per heavy atom. The fourth-order valence-corrected chi connectivity index (χ4v) is 2.31. The molecule has 0 aliphatic carbocycles. The van der Waals surface area contributed by atoms with Crippen LogP contribution in [0.5, 0.6) is 0 Å². The summed E-state index contributed by atoms with van der Waals surface area (Å²) in [6.07, 6.45) is 1.44. The first-order valence-corrected chi connectivity index (χ1v) is 7.34. The van der Waals surface area contributed by atoms with E-state index in [0.29, 0.717) is 5.52 Å². The van der Waals surface area contributed by atoms with Crippen molar-refractivity contribution in [3.05, 3.63) is 72.1 Å². The lowest BCUT2D eigenvalue weighted by molar-refractivity contribution is 0.0525. The van der Waals surface area contributed by atoms with E-state index in [1.165, 1.54) is 6.20 Å². The van der Waals surface area contributed by atoms with E-state index in [4.69, 9.17) is 0 Å². The monoisotopic (exact) mass is 307 g/mol. The second-order valence-electron chi connectivity index (χ2n) is 5.57. The van der Waals surface area contributed by atoms with Gasteiger partial charge in [-0.15, -0.1) is 0 Å². The molecular weight excluding hydrogens is 290 g/mol. The van der Waals surface area contributed by atoms with Crippen LogP contribution in [0.4, 0.5) is 0 Å². The van der Waals surface area contributed by atoms with Gasteiger partial charge >= 0.3 is 0 Å². The highest BCUT2D eigenvalue weighted by molar-refractivity contribution is 5.93. The van der Waals surface area contributed by atoms with Crippen molar-refractivity contribution in [1.82, 2.24) is 15.3 Å². The molecule has 0 unspecified atom stereocenters. The van der Waals surface area contributed by atoms with Crippen LogP contribution in [0.1, 0.15) is 23.0 Å².